The number of carbonyl (C=O) groups excluding carboxylic acids is 7. The van der Waals surface area contributed by atoms with Gasteiger partial charge in [0.15, 0.2) is 0 Å². The number of benzene rings is 3. The van der Waals surface area contributed by atoms with Crippen molar-refractivity contribution in [1.82, 2.24) is 26.6 Å². The number of amides is 6. The third kappa shape index (κ3) is 16.1. The van der Waals surface area contributed by atoms with Crippen molar-refractivity contribution < 1.29 is 43.0 Å². The predicted octanol–water partition coefficient (Wildman–Crippen LogP) is 3.62. The first kappa shape index (κ1) is 45.7. The molecule has 7 N–H and O–H groups in total. The minimum atomic E-state index is -1.22. The van der Waals surface area contributed by atoms with E-state index in [1.165, 1.54) is 24.3 Å². The minimum Gasteiger partial charge on any atom is -0.444 e. The van der Waals surface area contributed by atoms with E-state index in [-0.39, 0.29) is 40.1 Å². The summed E-state index contributed by atoms with van der Waals surface area (Å²) in [5.74, 6) is -4.09. The van der Waals surface area contributed by atoms with Gasteiger partial charge in [0.05, 0.1) is 28.7 Å². The van der Waals surface area contributed by atoms with Crippen LogP contribution in [0.25, 0.3) is 0 Å². The molecule has 3 atom stereocenters. The van der Waals surface area contributed by atoms with Crippen molar-refractivity contribution in [2.24, 2.45) is 11.7 Å². The average molecular weight is 828 g/mol. The lowest BCUT2D eigenvalue weighted by Gasteiger charge is -2.23. The Morgan fingerprint density at radius 1 is 0.667 bits per heavy atom. The Balaban J connectivity index is 1.62. The maximum absolute atomic E-state index is 13.3. The van der Waals surface area contributed by atoms with Crippen LogP contribution >= 0.6 is 23.2 Å². The van der Waals surface area contributed by atoms with Gasteiger partial charge >= 0.3 is 12.1 Å². The Hall–Kier alpha value is -5.67. The van der Waals surface area contributed by atoms with Gasteiger partial charge in [0.2, 0.25) is 29.5 Å². The molecule has 6 amide bonds. The van der Waals surface area contributed by atoms with E-state index in [0.29, 0.717) is 12.0 Å². The zero-order valence-corrected chi connectivity index (χ0v) is 33.8. The second kappa shape index (κ2) is 21.6. The first-order chi connectivity index (χ1) is 26.8. The maximum Gasteiger partial charge on any atom is 0.408 e. The van der Waals surface area contributed by atoms with Gasteiger partial charge in [0.25, 0.3) is 0 Å². The van der Waals surface area contributed by atoms with Crippen molar-refractivity contribution in [2.75, 3.05) is 13.1 Å². The fourth-order valence-corrected chi connectivity index (χ4v) is 5.82. The zero-order chi connectivity index (χ0) is 42.3. The second-order valence-electron chi connectivity index (χ2n) is 14.4. The summed E-state index contributed by atoms with van der Waals surface area (Å²) in [4.78, 5) is 89.6. The van der Waals surface area contributed by atoms with Gasteiger partial charge in [-0.1, -0.05) is 85.6 Å². The molecule has 306 valence electrons. The van der Waals surface area contributed by atoms with Gasteiger partial charge in [-0.25, -0.2) is 9.59 Å². The molecular weight excluding hydrogens is 779 g/mol. The minimum absolute atomic E-state index is 0.000183. The highest BCUT2D eigenvalue weighted by Gasteiger charge is 2.28. The van der Waals surface area contributed by atoms with Gasteiger partial charge in [-0.2, -0.15) is 0 Å². The van der Waals surface area contributed by atoms with Crippen LogP contribution in [0.4, 0.5) is 4.79 Å². The second-order valence-corrected chi connectivity index (χ2v) is 15.2. The Morgan fingerprint density at radius 3 is 1.79 bits per heavy atom. The number of alkyl carbamates (subject to hydrolysis) is 1. The normalized spacial score (nSPS) is 12.6. The lowest BCUT2D eigenvalue weighted by molar-refractivity contribution is -0.132. The van der Waals surface area contributed by atoms with Crippen LogP contribution in [-0.4, -0.2) is 78.4 Å². The number of rotatable bonds is 18. The molecule has 0 heterocycles. The summed E-state index contributed by atoms with van der Waals surface area (Å²) in [5.41, 5.74) is 5.90. The monoisotopic (exact) mass is 826 g/mol. The van der Waals surface area contributed by atoms with E-state index in [1.807, 2.05) is 13.8 Å². The van der Waals surface area contributed by atoms with Gasteiger partial charge in [0, 0.05) is 12.8 Å². The molecule has 0 saturated heterocycles. The molecule has 15 nitrogen and oxygen atoms in total. The van der Waals surface area contributed by atoms with E-state index in [4.69, 9.17) is 38.4 Å². The first-order valence-corrected chi connectivity index (χ1v) is 18.8. The van der Waals surface area contributed by atoms with Crippen LogP contribution in [0.15, 0.2) is 72.8 Å². The van der Waals surface area contributed by atoms with Crippen LogP contribution in [0, 0.1) is 5.92 Å². The molecule has 3 rings (SSSR count). The van der Waals surface area contributed by atoms with Crippen LogP contribution in [0.5, 0.6) is 5.75 Å². The number of hydrogen-bond donors (Lipinski definition) is 6. The van der Waals surface area contributed by atoms with Gasteiger partial charge in [-0.15, -0.1) is 0 Å². The zero-order valence-electron chi connectivity index (χ0n) is 32.3. The predicted molar refractivity (Wildman–Crippen MR) is 213 cm³/mol. The first-order valence-electron chi connectivity index (χ1n) is 18.0. The van der Waals surface area contributed by atoms with Crippen molar-refractivity contribution in [2.45, 2.75) is 77.6 Å². The Labute approximate surface area is 341 Å². The van der Waals surface area contributed by atoms with Crippen molar-refractivity contribution in [3.05, 3.63) is 99.5 Å². The van der Waals surface area contributed by atoms with E-state index in [9.17, 15) is 33.6 Å². The van der Waals surface area contributed by atoms with Crippen LogP contribution in [-0.2, 0) is 41.6 Å². The number of primary amides is 1. The SMILES string of the molecule is CC(C)C[C@H](NC(=O)[C@H](Cc1ccccc1)NC(=O)CNC(=O)CNC(=O)[C@H](Cc1ccc(OC(=O)c2c(Cl)cccc2Cl)cc1)NC(=O)OC(C)(C)C)C(N)=O. The van der Waals surface area contributed by atoms with Gasteiger partial charge in [-0.3, -0.25) is 24.0 Å². The number of ether oxygens (including phenoxy) is 2. The molecule has 3 aromatic carbocycles. The molecule has 0 saturated carbocycles. The quantitative estimate of drug-likeness (QED) is 0.0813. The van der Waals surface area contributed by atoms with Gasteiger partial charge in [-0.05, 0) is 68.5 Å². The third-order valence-electron chi connectivity index (χ3n) is 7.92. The molecule has 0 aliphatic carbocycles. The molecule has 0 aliphatic heterocycles. The smallest absolute Gasteiger partial charge is 0.408 e. The number of halogens is 2. The topological polar surface area (TPSA) is 224 Å². The van der Waals surface area contributed by atoms with E-state index in [1.54, 1.807) is 69.3 Å². The summed E-state index contributed by atoms with van der Waals surface area (Å²) in [7, 11) is 0. The number of hydrogen-bond acceptors (Lipinski definition) is 9. The van der Waals surface area contributed by atoms with Crippen LogP contribution in [0.3, 0.4) is 0 Å². The molecule has 17 heteroatoms. The van der Waals surface area contributed by atoms with E-state index < -0.39 is 78.4 Å². The number of esters is 1. The highest BCUT2D eigenvalue weighted by Crippen LogP contribution is 2.26. The van der Waals surface area contributed by atoms with Crippen molar-refractivity contribution in [1.29, 1.82) is 0 Å². The lowest BCUT2D eigenvalue weighted by atomic mass is 10.0. The van der Waals surface area contributed by atoms with Crippen molar-refractivity contribution in [3.63, 3.8) is 0 Å². The fraction of sp³-hybridized carbons (Fsp3) is 0.375. The number of carbonyl (C=O) groups is 7. The van der Waals surface area contributed by atoms with Crippen molar-refractivity contribution in [3.8, 4) is 5.75 Å². The molecule has 0 spiro atoms. The van der Waals surface area contributed by atoms with Crippen LogP contribution in [0.1, 0.15) is 62.5 Å². The highest BCUT2D eigenvalue weighted by molar-refractivity contribution is 6.39. The highest BCUT2D eigenvalue weighted by atomic mass is 35.5. The Morgan fingerprint density at radius 2 is 1.23 bits per heavy atom. The summed E-state index contributed by atoms with van der Waals surface area (Å²) in [6.07, 6.45) is -0.551. The summed E-state index contributed by atoms with van der Waals surface area (Å²) in [6, 6.07) is 16.3. The molecule has 0 radical (unpaired) electrons. The van der Waals surface area contributed by atoms with E-state index in [2.05, 4.69) is 26.6 Å². The standard InChI is InChI=1S/C40H48Cl2N6O9/c1-23(2)18-29(35(43)51)47-37(53)31(19-24-10-7-6-8-11-24)46-33(50)22-44-32(49)21-45-36(52)30(48-39(55)57-40(3,4)5)20-25-14-16-26(17-15-25)56-38(54)34-27(41)12-9-13-28(34)42/h6-17,23,29-31H,18-22H2,1-5H3,(H2,43,51)(H,44,49)(H,45,52)(H,46,50)(H,47,53)(H,48,55)/t29-,30-,31-/m0/s1. The largest absolute Gasteiger partial charge is 0.444 e. The Kier molecular flexibility index (Phi) is 17.3. The summed E-state index contributed by atoms with van der Waals surface area (Å²) in [5, 5.41) is 12.8. The lowest BCUT2D eigenvalue weighted by Crippen LogP contribution is -2.55. The molecular formula is C40H48Cl2N6O9. The number of nitrogens with two attached hydrogens (primary N) is 1. The van der Waals surface area contributed by atoms with Gasteiger partial charge in [0.1, 0.15) is 29.5 Å². The molecule has 0 aliphatic rings. The number of nitrogens with one attached hydrogen (secondary N) is 5. The van der Waals surface area contributed by atoms with Gasteiger partial charge < -0.3 is 41.8 Å². The molecule has 0 unspecified atom stereocenters. The third-order valence-corrected chi connectivity index (χ3v) is 8.55. The van der Waals surface area contributed by atoms with Crippen LogP contribution in [0.2, 0.25) is 10.0 Å². The van der Waals surface area contributed by atoms with Crippen LogP contribution < -0.4 is 37.1 Å². The maximum atomic E-state index is 13.3. The summed E-state index contributed by atoms with van der Waals surface area (Å²) in [6.45, 7) is 7.59. The summed E-state index contributed by atoms with van der Waals surface area (Å²) >= 11 is 12.2. The molecule has 0 aromatic heterocycles. The molecule has 57 heavy (non-hydrogen) atoms. The van der Waals surface area contributed by atoms with Crippen molar-refractivity contribution >= 4 is 64.8 Å². The fourth-order valence-electron chi connectivity index (χ4n) is 5.27. The van der Waals surface area contributed by atoms with E-state index in [0.717, 1.165) is 5.56 Å². The molecule has 0 bridgehead atoms. The Bertz CT molecular complexity index is 1880. The molecule has 0 fully saturated rings. The van der Waals surface area contributed by atoms with E-state index >= 15 is 0 Å². The summed E-state index contributed by atoms with van der Waals surface area (Å²) < 4.78 is 10.7. The average Bonchev–Trinajstić information content (AvgIpc) is 3.12. The molecule has 3 aromatic rings.